The molecule has 0 aromatic heterocycles. The SMILES string of the molecule is CCOC(=O)c1ccc(OCC(=O)NCC23CC4CC(CC(C4)C2)C3)cc1. The molecule has 0 atom stereocenters. The van der Waals surface area contributed by atoms with Crippen molar-refractivity contribution in [3.05, 3.63) is 29.8 Å². The van der Waals surface area contributed by atoms with Gasteiger partial charge in [0.15, 0.2) is 6.61 Å². The van der Waals surface area contributed by atoms with E-state index in [1.807, 2.05) is 0 Å². The zero-order chi connectivity index (χ0) is 18.9. The van der Waals surface area contributed by atoms with Gasteiger partial charge in [-0.3, -0.25) is 4.79 Å². The molecule has 0 radical (unpaired) electrons. The molecule has 0 heterocycles. The van der Waals surface area contributed by atoms with Crippen LogP contribution in [-0.4, -0.2) is 31.6 Å². The first kappa shape index (κ1) is 18.3. The van der Waals surface area contributed by atoms with Crippen molar-refractivity contribution in [3.8, 4) is 5.75 Å². The number of hydrogen-bond donors (Lipinski definition) is 1. The summed E-state index contributed by atoms with van der Waals surface area (Å²) in [6.45, 7) is 2.92. The Morgan fingerprint density at radius 3 is 2.19 bits per heavy atom. The van der Waals surface area contributed by atoms with Gasteiger partial charge >= 0.3 is 5.97 Å². The van der Waals surface area contributed by atoms with Crippen LogP contribution in [0.25, 0.3) is 0 Å². The van der Waals surface area contributed by atoms with Gasteiger partial charge in [-0.15, -0.1) is 0 Å². The first-order valence-electron chi connectivity index (χ1n) is 10.2. The number of ether oxygens (including phenoxy) is 2. The maximum atomic E-state index is 12.3. The van der Waals surface area contributed by atoms with E-state index < -0.39 is 0 Å². The zero-order valence-electron chi connectivity index (χ0n) is 16.0. The summed E-state index contributed by atoms with van der Waals surface area (Å²) in [5, 5.41) is 3.12. The van der Waals surface area contributed by atoms with Crippen molar-refractivity contribution >= 4 is 11.9 Å². The Labute approximate surface area is 160 Å². The Bertz CT molecular complexity index is 661. The summed E-state index contributed by atoms with van der Waals surface area (Å²) in [7, 11) is 0. The molecule has 0 spiro atoms. The standard InChI is InChI=1S/C22H29NO4/c1-2-26-21(25)18-3-5-19(6-4-18)27-13-20(24)23-14-22-10-15-7-16(11-22)9-17(8-15)12-22/h3-6,15-17H,2,7-14H2,1H3,(H,23,24). The Kier molecular flexibility index (Phi) is 5.11. The van der Waals surface area contributed by atoms with Crippen molar-refractivity contribution in [1.29, 1.82) is 0 Å². The predicted molar refractivity (Wildman–Crippen MR) is 102 cm³/mol. The minimum atomic E-state index is -0.350. The average Bonchev–Trinajstić information content (AvgIpc) is 2.64. The minimum Gasteiger partial charge on any atom is -0.484 e. The topological polar surface area (TPSA) is 64.6 Å². The molecule has 0 unspecified atom stereocenters. The second-order valence-electron chi connectivity index (χ2n) is 8.73. The van der Waals surface area contributed by atoms with E-state index in [1.54, 1.807) is 31.2 Å². The van der Waals surface area contributed by atoms with Crippen LogP contribution in [0, 0.1) is 23.2 Å². The van der Waals surface area contributed by atoms with Crippen LogP contribution in [0.5, 0.6) is 5.75 Å². The first-order chi connectivity index (χ1) is 13.0. The van der Waals surface area contributed by atoms with E-state index in [2.05, 4.69) is 5.32 Å². The summed E-state index contributed by atoms with van der Waals surface area (Å²) in [4.78, 5) is 23.9. The van der Waals surface area contributed by atoms with Crippen LogP contribution in [0.1, 0.15) is 55.8 Å². The molecule has 1 aromatic rings. The van der Waals surface area contributed by atoms with Crippen LogP contribution in [0.3, 0.4) is 0 Å². The number of rotatable bonds is 7. The summed E-state index contributed by atoms with van der Waals surface area (Å²) in [6, 6.07) is 6.69. The van der Waals surface area contributed by atoms with Gasteiger partial charge in [0.25, 0.3) is 5.91 Å². The van der Waals surface area contributed by atoms with Crippen molar-refractivity contribution in [2.75, 3.05) is 19.8 Å². The molecule has 5 nitrogen and oxygen atoms in total. The third-order valence-corrected chi connectivity index (χ3v) is 6.56. The maximum Gasteiger partial charge on any atom is 0.338 e. The molecule has 146 valence electrons. The zero-order valence-corrected chi connectivity index (χ0v) is 16.0. The molecule has 4 aliphatic rings. The van der Waals surface area contributed by atoms with Gasteiger partial charge in [-0.05, 0) is 92.9 Å². The minimum absolute atomic E-state index is 0.00508. The molecule has 27 heavy (non-hydrogen) atoms. The van der Waals surface area contributed by atoms with E-state index in [0.29, 0.717) is 23.3 Å². The summed E-state index contributed by atoms with van der Waals surface area (Å²) >= 11 is 0. The number of nitrogens with one attached hydrogen (secondary N) is 1. The molecule has 4 bridgehead atoms. The van der Waals surface area contributed by atoms with Gasteiger partial charge in [0.05, 0.1) is 12.2 Å². The molecule has 4 fully saturated rings. The van der Waals surface area contributed by atoms with E-state index in [-0.39, 0.29) is 18.5 Å². The van der Waals surface area contributed by atoms with Gasteiger partial charge in [0.1, 0.15) is 5.75 Å². The Balaban J connectivity index is 1.24. The number of esters is 1. The summed E-state index contributed by atoms with van der Waals surface area (Å²) < 4.78 is 10.5. The monoisotopic (exact) mass is 371 g/mol. The van der Waals surface area contributed by atoms with Gasteiger partial charge in [-0.2, -0.15) is 0 Å². The van der Waals surface area contributed by atoms with E-state index in [0.717, 1.165) is 24.3 Å². The Morgan fingerprint density at radius 1 is 1.04 bits per heavy atom. The average molecular weight is 371 g/mol. The fourth-order valence-electron chi connectivity index (χ4n) is 5.89. The van der Waals surface area contributed by atoms with E-state index in [4.69, 9.17) is 9.47 Å². The predicted octanol–water partition coefficient (Wildman–Crippen LogP) is 3.57. The number of hydrogen-bond acceptors (Lipinski definition) is 4. The number of carbonyl (C=O) groups is 2. The largest absolute Gasteiger partial charge is 0.484 e. The lowest BCUT2D eigenvalue weighted by Gasteiger charge is -2.56. The quantitative estimate of drug-likeness (QED) is 0.744. The fraction of sp³-hybridized carbons (Fsp3) is 0.636. The highest BCUT2D eigenvalue weighted by Crippen LogP contribution is 2.59. The third-order valence-electron chi connectivity index (χ3n) is 6.56. The van der Waals surface area contributed by atoms with Crippen LogP contribution in [0.15, 0.2) is 24.3 Å². The Morgan fingerprint density at radius 2 is 1.63 bits per heavy atom. The van der Waals surface area contributed by atoms with Gasteiger partial charge < -0.3 is 14.8 Å². The lowest BCUT2D eigenvalue weighted by Crippen LogP contribution is -2.51. The lowest BCUT2D eigenvalue weighted by atomic mass is 9.49. The second-order valence-corrected chi connectivity index (χ2v) is 8.73. The summed E-state index contributed by atoms with van der Waals surface area (Å²) in [5.41, 5.74) is 0.821. The van der Waals surface area contributed by atoms with Crippen molar-refractivity contribution in [3.63, 3.8) is 0 Å². The molecule has 1 N–H and O–H groups in total. The van der Waals surface area contributed by atoms with Gasteiger partial charge in [0.2, 0.25) is 0 Å². The van der Waals surface area contributed by atoms with E-state index >= 15 is 0 Å². The van der Waals surface area contributed by atoms with Gasteiger partial charge in [0, 0.05) is 6.54 Å². The molecular formula is C22H29NO4. The molecule has 0 saturated heterocycles. The molecule has 5 rings (SSSR count). The molecule has 5 heteroatoms. The van der Waals surface area contributed by atoms with Crippen LogP contribution in [0.2, 0.25) is 0 Å². The van der Waals surface area contributed by atoms with Gasteiger partial charge in [-0.1, -0.05) is 0 Å². The molecule has 1 aromatic carbocycles. The van der Waals surface area contributed by atoms with Crippen LogP contribution >= 0.6 is 0 Å². The van der Waals surface area contributed by atoms with E-state index in [1.165, 1.54) is 38.5 Å². The van der Waals surface area contributed by atoms with Crippen molar-refractivity contribution in [2.24, 2.45) is 23.2 Å². The molecule has 1 amide bonds. The lowest BCUT2D eigenvalue weighted by molar-refractivity contribution is -0.125. The molecule has 4 saturated carbocycles. The summed E-state index contributed by atoms with van der Waals surface area (Å²) in [6.07, 6.45) is 8.11. The summed E-state index contributed by atoms with van der Waals surface area (Å²) in [5.74, 6) is 2.83. The highest BCUT2D eigenvalue weighted by atomic mass is 16.5. The number of amides is 1. The fourth-order valence-corrected chi connectivity index (χ4v) is 5.89. The van der Waals surface area contributed by atoms with Crippen LogP contribution < -0.4 is 10.1 Å². The Hall–Kier alpha value is -2.04. The highest BCUT2D eigenvalue weighted by molar-refractivity contribution is 5.89. The van der Waals surface area contributed by atoms with Crippen molar-refractivity contribution in [1.82, 2.24) is 5.32 Å². The third kappa shape index (κ3) is 4.12. The van der Waals surface area contributed by atoms with Crippen LogP contribution in [0.4, 0.5) is 0 Å². The molecule has 0 aliphatic heterocycles. The van der Waals surface area contributed by atoms with Crippen molar-refractivity contribution < 1.29 is 19.1 Å². The highest BCUT2D eigenvalue weighted by Gasteiger charge is 2.50. The maximum absolute atomic E-state index is 12.3. The first-order valence-corrected chi connectivity index (χ1v) is 10.2. The second kappa shape index (κ2) is 7.53. The number of benzene rings is 1. The van der Waals surface area contributed by atoms with Crippen LogP contribution in [-0.2, 0) is 9.53 Å². The van der Waals surface area contributed by atoms with Crippen molar-refractivity contribution in [2.45, 2.75) is 45.4 Å². The van der Waals surface area contributed by atoms with E-state index in [9.17, 15) is 9.59 Å². The molecular weight excluding hydrogens is 342 g/mol. The smallest absolute Gasteiger partial charge is 0.338 e. The normalized spacial score (nSPS) is 30.8. The van der Waals surface area contributed by atoms with Gasteiger partial charge in [-0.25, -0.2) is 4.79 Å². The number of carbonyl (C=O) groups excluding carboxylic acids is 2. The molecule has 4 aliphatic carbocycles.